The highest BCUT2D eigenvalue weighted by atomic mass is 16.3. The van der Waals surface area contributed by atoms with E-state index >= 15 is 0 Å². The number of aliphatic hydroxyl groups excluding tert-OH is 1. The normalized spacial score (nSPS) is 18.2. The van der Waals surface area contributed by atoms with Crippen LogP contribution in [0.1, 0.15) is 66.2 Å². The van der Waals surface area contributed by atoms with Crippen LogP contribution in [-0.4, -0.2) is 24.2 Å². The van der Waals surface area contributed by atoms with Crippen LogP contribution in [-0.2, 0) is 4.79 Å². The van der Waals surface area contributed by atoms with Crippen molar-refractivity contribution in [1.82, 2.24) is 5.32 Å². The SMILES string of the molecule is CC(CCO)CC(C)(C)C.O=C1CCCCCN1. The molecular formula is C15H31NO2. The molecule has 1 fully saturated rings. The summed E-state index contributed by atoms with van der Waals surface area (Å²) in [6, 6.07) is 0. The van der Waals surface area contributed by atoms with Gasteiger partial charge in [0.1, 0.15) is 0 Å². The molecule has 3 nitrogen and oxygen atoms in total. The molecule has 1 atom stereocenters. The van der Waals surface area contributed by atoms with Crippen LogP contribution < -0.4 is 5.32 Å². The quantitative estimate of drug-likeness (QED) is 0.816. The van der Waals surface area contributed by atoms with Gasteiger partial charge in [-0.15, -0.1) is 0 Å². The molecule has 0 aliphatic carbocycles. The molecule has 1 aliphatic heterocycles. The Morgan fingerprint density at radius 3 is 2.50 bits per heavy atom. The number of hydrogen-bond donors (Lipinski definition) is 2. The number of rotatable bonds is 3. The monoisotopic (exact) mass is 257 g/mol. The molecular weight excluding hydrogens is 226 g/mol. The molecule has 18 heavy (non-hydrogen) atoms. The molecule has 0 bridgehead atoms. The first-order valence-corrected chi connectivity index (χ1v) is 7.22. The Bertz CT molecular complexity index is 211. The predicted octanol–water partition coefficient (Wildman–Crippen LogP) is 3.12. The molecule has 0 aromatic rings. The molecule has 1 heterocycles. The molecule has 0 saturated carbocycles. The van der Waals surface area contributed by atoms with E-state index in [0.717, 1.165) is 32.2 Å². The first-order valence-electron chi connectivity index (χ1n) is 7.22. The third kappa shape index (κ3) is 11.9. The van der Waals surface area contributed by atoms with E-state index in [1.807, 2.05) is 0 Å². The number of hydrogen-bond acceptors (Lipinski definition) is 2. The minimum absolute atomic E-state index is 0.225. The Morgan fingerprint density at radius 2 is 1.94 bits per heavy atom. The van der Waals surface area contributed by atoms with E-state index in [2.05, 4.69) is 33.0 Å². The highest BCUT2D eigenvalue weighted by molar-refractivity contribution is 5.75. The Labute approximate surface area is 112 Å². The van der Waals surface area contributed by atoms with Gasteiger partial charge in [0.25, 0.3) is 0 Å². The largest absolute Gasteiger partial charge is 0.396 e. The van der Waals surface area contributed by atoms with Gasteiger partial charge in [0, 0.05) is 19.6 Å². The molecule has 2 N–H and O–H groups in total. The zero-order valence-corrected chi connectivity index (χ0v) is 12.6. The summed E-state index contributed by atoms with van der Waals surface area (Å²) in [7, 11) is 0. The number of aliphatic hydroxyl groups is 1. The molecule has 1 unspecified atom stereocenters. The maximum absolute atomic E-state index is 10.6. The fourth-order valence-electron chi connectivity index (χ4n) is 2.27. The van der Waals surface area contributed by atoms with E-state index in [9.17, 15) is 4.79 Å². The summed E-state index contributed by atoms with van der Waals surface area (Å²) in [5.74, 6) is 0.882. The van der Waals surface area contributed by atoms with Crippen LogP contribution in [0.3, 0.4) is 0 Å². The van der Waals surface area contributed by atoms with E-state index < -0.39 is 0 Å². The molecule has 0 spiro atoms. The van der Waals surface area contributed by atoms with Crippen molar-refractivity contribution in [2.75, 3.05) is 13.2 Å². The van der Waals surface area contributed by atoms with Crippen molar-refractivity contribution in [2.45, 2.75) is 66.2 Å². The van der Waals surface area contributed by atoms with Crippen molar-refractivity contribution in [2.24, 2.45) is 11.3 Å². The third-order valence-electron chi connectivity index (χ3n) is 2.99. The van der Waals surface area contributed by atoms with Crippen LogP contribution in [0.15, 0.2) is 0 Å². The van der Waals surface area contributed by atoms with Crippen molar-refractivity contribution >= 4 is 5.91 Å². The average molecular weight is 257 g/mol. The summed E-state index contributed by atoms with van der Waals surface area (Å²) in [4.78, 5) is 10.6. The Kier molecular flexibility index (Phi) is 9.08. The molecule has 0 aromatic heterocycles. The van der Waals surface area contributed by atoms with Crippen molar-refractivity contribution < 1.29 is 9.90 Å². The zero-order valence-electron chi connectivity index (χ0n) is 12.6. The van der Waals surface area contributed by atoms with Crippen LogP contribution in [0.5, 0.6) is 0 Å². The third-order valence-corrected chi connectivity index (χ3v) is 2.99. The number of carbonyl (C=O) groups excluding carboxylic acids is 1. The minimum atomic E-state index is 0.225. The van der Waals surface area contributed by atoms with Gasteiger partial charge in [0.05, 0.1) is 0 Å². The highest BCUT2D eigenvalue weighted by Gasteiger charge is 2.14. The Hall–Kier alpha value is -0.570. The number of amides is 1. The molecule has 1 saturated heterocycles. The van der Waals surface area contributed by atoms with Gasteiger partial charge >= 0.3 is 0 Å². The molecule has 108 valence electrons. The lowest BCUT2D eigenvalue weighted by molar-refractivity contribution is -0.120. The minimum Gasteiger partial charge on any atom is -0.396 e. The van der Waals surface area contributed by atoms with Crippen molar-refractivity contribution in [3.05, 3.63) is 0 Å². The van der Waals surface area contributed by atoms with Gasteiger partial charge in [-0.1, -0.05) is 34.1 Å². The van der Waals surface area contributed by atoms with E-state index in [0.29, 0.717) is 17.9 Å². The van der Waals surface area contributed by atoms with Gasteiger partial charge in [-0.3, -0.25) is 4.79 Å². The molecule has 0 aromatic carbocycles. The summed E-state index contributed by atoms with van der Waals surface area (Å²) in [6.45, 7) is 10.1. The van der Waals surface area contributed by atoms with Gasteiger partial charge in [-0.25, -0.2) is 0 Å². The van der Waals surface area contributed by atoms with Crippen LogP contribution >= 0.6 is 0 Å². The summed E-state index contributed by atoms with van der Waals surface area (Å²) in [5.41, 5.74) is 0.411. The number of nitrogens with one attached hydrogen (secondary N) is 1. The fraction of sp³-hybridized carbons (Fsp3) is 0.933. The zero-order chi connectivity index (χ0) is 14.0. The Balaban J connectivity index is 0.000000327. The molecule has 1 amide bonds. The summed E-state index contributed by atoms with van der Waals surface area (Å²) in [5, 5.41) is 11.4. The second kappa shape index (κ2) is 9.37. The van der Waals surface area contributed by atoms with Crippen LogP contribution in [0.2, 0.25) is 0 Å². The topological polar surface area (TPSA) is 49.3 Å². The lowest BCUT2D eigenvalue weighted by Crippen LogP contribution is -2.21. The first-order chi connectivity index (χ1) is 8.35. The second-order valence-electron chi connectivity index (χ2n) is 6.54. The van der Waals surface area contributed by atoms with Crippen LogP contribution in [0.25, 0.3) is 0 Å². The fourth-order valence-corrected chi connectivity index (χ4v) is 2.27. The standard InChI is InChI=1S/C9H20O.C6H11NO/c1-8(5-6-10)7-9(2,3)4;8-6-4-2-1-3-5-7-6/h8,10H,5-7H2,1-4H3;1-5H2,(H,7,8). The van der Waals surface area contributed by atoms with Gasteiger partial charge in [0.2, 0.25) is 5.91 Å². The maximum Gasteiger partial charge on any atom is 0.219 e. The highest BCUT2D eigenvalue weighted by Crippen LogP contribution is 2.25. The van der Waals surface area contributed by atoms with E-state index in [4.69, 9.17) is 5.11 Å². The van der Waals surface area contributed by atoms with Gasteiger partial charge in [0.15, 0.2) is 0 Å². The smallest absolute Gasteiger partial charge is 0.219 e. The van der Waals surface area contributed by atoms with E-state index in [1.165, 1.54) is 12.8 Å². The van der Waals surface area contributed by atoms with E-state index in [1.54, 1.807) is 0 Å². The first kappa shape index (κ1) is 17.4. The van der Waals surface area contributed by atoms with E-state index in [-0.39, 0.29) is 5.91 Å². The molecule has 1 aliphatic rings. The summed E-state index contributed by atoms with van der Waals surface area (Å²) in [6.07, 6.45) is 6.32. The predicted molar refractivity (Wildman–Crippen MR) is 76.4 cm³/mol. The average Bonchev–Trinajstić information content (AvgIpc) is 2.44. The molecule has 1 rings (SSSR count). The van der Waals surface area contributed by atoms with Crippen LogP contribution in [0, 0.1) is 11.3 Å². The van der Waals surface area contributed by atoms with Crippen LogP contribution in [0.4, 0.5) is 0 Å². The number of carbonyl (C=O) groups is 1. The van der Waals surface area contributed by atoms with Crippen molar-refractivity contribution in [1.29, 1.82) is 0 Å². The molecule has 0 radical (unpaired) electrons. The lowest BCUT2D eigenvalue weighted by atomic mass is 9.84. The van der Waals surface area contributed by atoms with Crippen molar-refractivity contribution in [3.8, 4) is 0 Å². The summed E-state index contributed by atoms with van der Waals surface area (Å²) >= 11 is 0. The maximum atomic E-state index is 10.6. The Morgan fingerprint density at radius 1 is 1.28 bits per heavy atom. The molecule has 3 heteroatoms. The van der Waals surface area contributed by atoms with Gasteiger partial charge in [-0.05, 0) is 37.0 Å². The summed E-state index contributed by atoms with van der Waals surface area (Å²) < 4.78 is 0. The lowest BCUT2D eigenvalue weighted by Gasteiger charge is -2.22. The second-order valence-corrected chi connectivity index (χ2v) is 6.54. The van der Waals surface area contributed by atoms with Gasteiger partial charge < -0.3 is 10.4 Å². The van der Waals surface area contributed by atoms with Gasteiger partial charge in [-0.2, -0.15) is 0 Å². The van der Waals surface area contributed by atoms with Crippen molar-refractivity contribution in [3.63, 3.8) is 0 Å².